The van der Waals surface area contributed by atoms with Crippen LogP contribution in [0.1, 0.15) is 11.1 Å². The van der Waals surface area contributed by atoms with Gasteiger partial charge in [0.1, 0.15) is 0 Å². The summed E-state index contributed by atoms with van der Waals surface area (Å²) in [5, 5.41) is 13.1. The summed E-state index contributed by atoms with van der Waals surface area (Å²) in [5.74, 6) is 0. The lowest BCUT2D eigenvalue weighted by Gasteiger charge is -2.32. The summed E-state index contributed by atoms with van der Waals surface area (Å²) in [4.78, 5) is 0. The van der Waals surface area contributed by atoms with E-state index in [4.69, 9.17) is 0 Å². The topological polar surface area (TPSA) is 32.3 Å². The maximum atomic E-state index is 9.82. The van der Waals surface area contributed by atoms with Crippen LogP contribution in [0.15, 0.2) is 60.7 Å². The van der Waals surface area contributed by atoms with Gasteiger partial charge in [-0.1, -0.05) is 60.7 Å². The maximum Gasteiger partial charge on any atom is 0.0922 e. The minimum absolute atomic E-state index is 0.0253. The van der Waals surface area contributed by atoms with Crippen LogP contribution in [0.3, 0.4) is 0 Å². The first kappa shape index (κ1) is 11.8. The normalized spacial score (nSPS) is 11.4. The molecule has 0 fully saturated rings. The summed E-state index contributed by atoms with van der Waals surface area (Å²) in [7, 11) is 1.87. The van der Waals surface area contributed by atoms with Crippen LogP contribution in [0.25, 0.3) is 0 Å². The molecule has 0 heterocycles. The Morgan fingerprint density at radius 2 is 1.29 bits per heavy atom. The standard InChI is InChI=1S/C15H17NO/c1-16-15(12-17,13-8-4-2-5-9-13)14-10-6-3-7-11-14/h2-11,16-17H,12H2,1H3. The van der Waals surface area contributed by atoms with E-state index in [2.05, 4.69) is 5.32 Å². The first-order chi connectivity index (χ1) is 8.33. The summed E-state index contributed by atoms with van der Waals surface area (Å²) in [6.45, 7) is 0.0253. The Hall–Kier alpha value is -1.64. The lowest BCUT2D eigenvalue weighted by molar-refractivity contribution is 0.199. The van der Waals surface area contributed by atoms with Crippen molar-refractivity contribution in [2.75, 3.05) is 13.7 Å². The van der Waals surface area contributed by atoms with Crippen molar-refractivity contribution < 1.29 is 5.11 Å². The van der Waals surface area contributed by atoms with E-state index in [0.29, 0.717) is 0 Å². The molecule has 0 spiro atoms. The molecule has 0 radical (unpaired) electrons. The highest BCUT2D eigenvalue weighted by molar-refractivity contribution is 5.38. The van der Waals surface area contributed by atoms with Gasteiger partial charge in [-0.3, -0.25) is 0 Å². The van der Waals surface area contributed by atoms with E-state index in [1.54, 1.807) is 0 Å². The molecule has 0 saturated carbocycles. The molecule has 0 aliphatic heterocycles. The molecule has 0 unspecified atom stereocenters. The Kier molecular flexibility index (Phi) is 3.57. The van der Waals surface area contributed by atoms with E-state index in [-0.39, 0.29) is 6.61 Å². The predicted octanol–water partition coefficient (Wildman–Crippen LogP) is 2.14. The van der Waals surface area contributed by atoms with Crippen molar-refractivity contribution in [2.24, 2.45) is 0 Å². The largest absolute Gasteiger partial charge is 0.394 e. The van der Waals surface area contributed by atoms with Crippen LogP contribution in [0.5, 0.6) is 0 Å². The summed E-state index contributed by atoms with van der Waals surface area (Å²) >= 11 is 0. The van der Waals surface area contributed by atoms with E-state index in [1.807, 2.05) is 67.7 Å². The smallest absolute Gasteiger partial charge is 0.0922 e. The Balaban J connectivity index is 2.54. The third kappa shape index (κ3) is 2.09. The summed E-state index contributed by atoms with van der Waals surface area (Å²) in [5.41, 5.74) is 1.61. The zero-order valence-corrected chi connectivity index (χ0v) is 9.93. The number of benzene rings is 2. The highest BCUT2D eigenvalue weighted by atomic mass is 16.3. The number of hydrogen-bond acceptors (Lipinski definition) is 2. The number of rotatable bonds is 4. The molecule has 0 atom stereocenters. The van der Waals surface area contributed by atoms with Gasteiger partial charge >= 0.3 is 0 Å². The van der Waals surface area contributed by atoms with Crippen LogP contribution in [-0.2, 0) is 5.54 Å². The van der Waals surface area contributed by atoms with Gasteiger partial charge in [-0.2, -0.15) is 0 Å². The molecule has 2 aromatic rings. The second-order valence-electron chi connectivity index (χ2n) is 4.05. The number of aliphatic hydroxyl groups is 1. The Morgan fingerprint density at radius 1 is 0.882 bits per heavy atom. The molecule has 17 heavy (non-hydrogen) atoms. The summed E-state index contributed by atoms with van der Waals surface area (Å²) in [6, 6.07) is 20.0. The van der Waals surface area contributed by atoms with Gasteiger partial charge in [-0.05, 0) is 18.2 Å². The molecule has 2 heteroatoms. The van der Waals surface area contributed by atoms with Gasteiger partial charge in [-0.15, -0.1) is 0 Å². The van der Waals surface area contributed by atoms with Gasteiger partial charge in [0.25, 0.3) is 0 Å². The van der Waals surface area contributed by atoms with Crippen molar-refractivity contribution in [2.45, 2.75) is 5.54 Å². The molecule has 2 aromatic carbocycles. The molecular weight excluding hydrogens is 210 g/mol. The minimum atomic E-state index is -0.525. The number of aliphatic hydroxyl groups excluding tert-OH is 1. The molecule has 88 valence electrons. The van der Waals surface area contributed by atoms with E-state index in [0.717, 1.165) is 11.1 Å². The number of likely N-dealkylation sites (N-methyl/N-ethyl adjacent to an activating group) is 1. The minimum Gasteiger partial charge on any atom is -0.394 e. The third-order valence-corrected chi connectivity index (χ3v) is 3.20. The fourth-order valence-corrected chi connectivity index (χ4v) is 2.16. The first-order valence-corrected chi connectivity index (χ1v) is 5.74. The Labute approximate surface area is 102 Å². The van der Waals surface area contributed by atoms with Crippen LogP contribution >= 0.6 is 0 Å². The molecule has 0 aliphatic rings. The lowest BCUT2D eigenvalue weighted by atomic mass is 9.83. The first-order valence-electron chi connectivity index (χ1n) is 5.74. The highest BCUT2D eigenvalue weighted by Gasteiger charge is 2.31. The van der Waals surface area contributed by atoms with E-state index in [9.17, 15) is 5.11 Å². The van der Waals surface area contributed by atoms with E-state index < -0.39 is 5.54 Å². The predicted molar refractivity (Wildman–Crippen MR) is 69.8 cm³/mol. The number of hydrogen-bond donors (Lipinski definition) is 2. The molecular formula is C15H17NO. The lowest BCUT2D eigenvalue weighted by Crippen LogP contribution is -2.44. The van der Waals surface area contributed by atoms with Crippen molar-refractivity contribution in [1.29, 1.82) is 0 Å². The highest BCUT2D eigenvalue weighted by Crippen LogP contribution is 2.28. The molecule has 0 bridgehead atoms. The molecule has 2 rings (SSSR count). The summed E-state index contributed by atoms with van der Waals surface area (Å²) < 4.78 is 0. The monoisotopic (exact) mass is 227 g/mol. The molecule has 0 saturated heterocycles. The van der Waals surface area contributed by atoms with Crippen molar-refractivity contribution in [3.8, 4) is 0 Å². The zero-order chi connectivity index (χ0) is 12.1. The quantitative estimate of drug-likeness (QED) is 0.838. The van der Waals surface area contributed by atoms with Crippen LogP contribution < -0.4 is 5.32 Å². The number of nitrogens with one attached hydrogen (secondary N) is 1. The van der Waals surface area contributed by atoms with Crippen molar-refractivity contribution in [3.05, 3.63) is 71.8 Å². The van der Waals surface area contributed by atoms with Gasteiger partial charge in [0.05, 0.1) is 12.1 Å². The third-order valence-electron chi connectivity index (χ3n) is 3.20. The Morgan fingerprint density at radius 3 is 1.59 bits per heavy atom. The second kappa shape index (κ2) is 5.13. The average molecular weight is 227 g/mol. The molecule has 2 nitrogen and oxygen atoms in total. The average Bonchev–Trinajstić information content (AvgIpc) is 2.43. The summed E-state index contributed by atoms with van der Waals surface area (Å²) in [6.07, 6.45) is 0. The Bertz CT molecular complexity index is 407. The molecule has 0 amide bonds. The SMILES string of the molecule is CNC(CO)(c1ccccc1)c1ccccc1. The van der Waals surface area contributed by atoms with Crippen molar-refractivity contribution in [3.63, 3.8) is 0 Å². The zero-order valence-electron chi connectivity index (χ0n) is 9.93. The maximum absolute atomic E-state index is 9.82. The fraction of sp³-hybridized carbons (Fsp3) is 0.200. The van der Waals surface area contributed by atoms with E-state index >= 15 is 0 Å². The van der Waals surface area contributed by atoms with Crippen LogP contribution in [-0.4, -0.2) is 18.8 Å². The molecule has 2 N–H and O–H groups in total. The van der Waals surface area contributed by atoms with Crippen molar-refractivity contribution in [1.82, 2.24) is 5.32 Å². The van der Waals surface area contributed by atoms with Crippen LogP contribution in [0.4, 0.5) is 0 Å². The van der Waals surface area contributed by atoms with Gasteiger partial charge in [0.2, 0.25) is 0 Å². The van der Waals surface area contributed by atoms with Crippen molar-refractivity contribution >= 4 is 0 Å². The van der Waals surface area contributed by atoms with E-state index in [1.165, 1.54) is 0 Å². The van der Waals surface area contributed by atoms with Crippen LogP contribution in [0.2, 0.25) is 0 Å². The van der Waals surface area contributed by atoms with Gasteiger partial charge in [0.15, 0.2) is 0 Å². The molecule has 0 aromatic heterocycles. The second-order valence-corrected chi connectivity index (χ2v) is 4.05. The van der Waals surface area contributed by atoms with Crippen LogP contribution in [0, 0.1) is 0 Å². The van der Waals surface area contributed by atoms with Gasteiger partial charge < -0.3 is 10.4 Å². The fourth-order valence-electron chi connectivity index (χ4n) is 2.16. The van der Waals surface area contributed by atoms with Gasteiger partial charge in [-0.25, -0.2) is 0 Å². The molecule has 0 aliphatic carbocycles. The van der Waals surface area contributed by atoms with Gasteiger partial charge in [0, 0.05) is 0 Å².